The van der Waals surface area contributed by atoms with E-state index in [9.17, 15) is 4.79 Å². The summed E-state index contributed by atoms with van der Waals surface area (Å²) in [5, 5.41) is 0. The van der Waals surface area contributed by atoms with Crippen LogP contribution < -0.4 is 9.47 Å². The van der Waals surface area contributed by atoms with Gasteiger partial charge in [0.2, 0.25) is 0 Å². The third kappa shape index (κ3) is 2.60. The molecule has 0 saturated carbocycles. The van der Waals surface area contributed by atoms with Crippen molar-refractivity contribution in [2.75, 3.05) is 21.3 Å². The fourth-order valence-corrected chi connectivity index (χ4v) is 1.09. The first-order valence-electron chi connectivity index (χ1n) is 4.20. The lowest BCUT2D eigenvalue weighted by Crippen LogP contribution is -2.06. The zero-order valence-electron chi connectivity index (χ0n) is 8.77. The van der Waals surface area contributed by atoms with Crippen LogP contribution in [0.4, 0.5) is 0 Å². The van der Waals surface area contributed by atoms with E-state index in [4.69, 9.17) is 9.47 Å². The Morgan fingerprint density at radius 3 is 2.40 bits per heavy atom. The summed E-state index contributed by atoms with van der Waals surface area (Å²) in [5.74, 6) is 0.356. The molecule has 0 atom stereocenters. The number of rotatable bonds is 4. The van der Waals surface area contributed by atoms with Crippen LogP contribution in [0.15, 0.2) is 18.2 Å². The molecule has 5 nitrogen and oxygen atoms in total. The minimum Gasteiger partial charge on any atom is -0.497 e. The van der Waals surface area contributed by atoms with E-state index in [1.807, 2.05) is 0 Å². The van der Waals surface area contributed by atoms with Crippen molar-refractivity contribution >= 4 is 5.97 Å². The largest absolute Gasteiger partial charge is 0.497 e. The van der Waals surface area contributed by atoms with Crippen LogP contribution in [0.25, 0.3) is 0 Å². The summed E-state index contributed by atoms with van der Waals surface area (Å²) >= 11 is 0. The van der Waals surface area contributed by atoms with Crippen molar-refractivity contribution < 1.29 is 24.0 Å². The Hall–Kier alpha value is -1.75. The van der Waals surface area contributed by atoms with Crippen molar-refractivity contribution in [3.8, 4) is 11.5 Å². The lowest BCUT2D eigenvalue weighted by Gasteiger charge is -2.08. The molecule has 0 heterocycles. The fourth-order valence-electron chi connectivity index (χ4n) is 1.09. The minimum absolute atomic E-state index is 0.278. The van der Waals surface area contributed by atoms with Crippen molar-refractivity contribution in [1.82, 2.24) is 0 Å². The molecule has 0 aliphatic rings. The fraction of sp³-hybridized carbons (Fsp3) is 0.300. The number of benzene rings is 1. The SMILES string of the molecule is COOC(=O)c1ccc(OC)cc1OC. The van der Waals surface area contributed by atoms with Gasteiger partial charge in [0, 0.05) is 6.07 Å². The van der Waals surface area contributed by atoms with E-state index in [1.165, 1.54) is 21.3 Å². The highest BCUT2D eigenvalue weighted by atomic mass is 17.2. The Balaban J connectivity index is 3.02. The summed E-state index contributed by atoms with van der Waals surface area (Å²) in [7, 11) is 4.24. The van der Waals surface area contributed by atoms with Gasteiger partial charge in [-0.1, -0.05) is 0 Å². The van der Waals surface area contributed by atoms with Crippen LogP contribution in [0.2, 0.25) is 0 Å². The predicted molar refractivity (Wildman–Crippen MR) is 52.0 cm³/mol. The van der Waals surface area contributed by atoms with Gasteiger partial charge in [0.25, 0.3) is 0 Å². The van der Waals surface area contributed by atoms with E-state index < -0.39 is 5.97 Å². The van der Waals surface area contributed by atoms with Gasteiger partial charge >= 0.3 is 5.97 Å². The number of hydrogen-bond acceptors (Lipinski definition) is 5. The van der Waals surface area contributed by atoms with Gasteiger partial charge < -0.3 is 9.47 Å². The highest BCUT2D eigenvalue weighted by molar-refractivity contribution is 5.92. The molecule has 0 spiro atoms. The van der Waals surface area contributed by atoms with Crippen molar-refractivity contribution in [2.24, 2.45) is 0 Å². The van der Waals surface area contributed by atoms with Crippen LogP contribution in [0.5, 0.6) is 11.5 Å². The standard InChI is InChI=1S/C10H12O5/c1-12-7-4-5-8(9(6-7)13-2)10(11)15-14-3/h4-6H,1-3H3. The van der Waals surface area contributed by atoms with Gasteiger partial charge in [0.1, 0.15) is 17.1 Å². The van der Waals surface area contributed by atoms with Crippen molar-refractivity contribution in [3.63, 3.8) is 0 Å². The van der Waals surface area contributed by atoms with E-state index in [0.29, 0.717) is 11.5 Å². The molecule has 0 bridgehead atoms. The Bertz CT molecular complexity index is 348. The molecule has 1 aromatic carbocycles. The zero-order chi connectivity index (χ0) is 11.3. The number of hydrogen-bond donors (Lipinski definition) is 0. The molecule has 15 heavy (non-hydrogen) atoms. The van der Waals surface area contributed by atoms with Gasteiger partial charge in [-0.05, 0) is 12.1 Å². The van der Waals surface area contributed by atoms with Gasteiger partial charge in [0.15, 0.2) is 0 Å². The van der Waals surface area contributed by atoms with Crippen molar-refractivity contribution in [3.05, 3.63) is 23.8 Å². The number of carbonyl (C=O) groups is 1. The normalized spacial score (nSPS) is 9.53. The quantitative estimate of drug-likeness (QED) is 0.558. The predicted octanol–water partition coefficient (Wildman–Crippen LogP) is 1.42. The highest BCUT2D eigenvalue weighted by Gasteiger charge is 2.15. The number of ether oxygens (including phenoxy) is 2. The molecular weight excluding hydrogens is 200 g/mol. The van der Waals surface area contributed by atoms with Gasteiger partial charge in [-0.2, -0.15) is 4.89 Å². The van der Waals surface area contributed by atoms with Crippen LogP contribution in [0.1, 0.15) is 10.4 Å². The molecule has 0 unspecified atom stereocenters. The highest BCUT2D eigenvalue weighted by Crippen LogP contribution is 2.25. The summed E-state index contributed by atoms with van der Waals surface area (Å²) in [4.78, 5) is 20.0. The monoisotopic (exact) mass is 212 g/mol. The minimum atomic E-state index is -0.614. The molecule has 0 radical (unpaired) electrons. The summed E-state index contributed by atoms with van der Waals surface area (Å²) in [6, 6.07) is 4.76. The van der Waals surface area contributed by atoms with Crippen molar-refractivity contribution in [2.45, 2.75) is 0 Å². The lowest BCUT2D eigenvalue weighted by atomic mass is 10.2. The molecule has 0 aliphatic heterocycles. The molecule has 1 aromatic rings. The summed E-state index contributed by atoms with van der Waals surface area (Å²) < 4.78 is 10.0. The Morgan fingerprint density at radius 1 is 1.13 bits per heavy atom. The maximum absolute atomic E-state index is 11.4. The molecular formula is C10H12O5. The van der Waals surface area contributed by atoms with E-state index in [2.05, 4.69) is 9.78 Å². The van der Waals surface area contributed by atoms with E-state index in [1.54, 1.807) is 18.2 Å². The Labute approximate surface area is 87.4 Å². The first-order valence-corrected chi connectivity index (χ1v) is 4.20. The third-order valence-electron chi connectivity index (χ3n) is 1.79. The average molecular weight is 212 g/mol. The van der Waals surface area contributed by atoms with Crippen molar-refractivity contribution in [1.29, 1.82) is 0 Å². The van der Waals surface area contributed by atoms with Crippen LogP contribution in [0.3, 0.4) is 0 Å². The molecule has 0 aliphatic carbocycles. The average Bonchev–Trinajstić information content (AvgIpc) is 2.28. The smallest absolute Gasteiger partial charge is 0.376 e. The molecule has 0 aromatic heterocycles. The first-order chi connectivity index (χ1) is 7.22. The molecule has 82 valence electrons. The van der Waals surface area contributed by atoms with E-state index in [0.717, 1.165) is 0 Å². The molecule has 0 saturated heterocycles. The lowest BCUT2D eigenvalue weighted by molar-refractivity contribution is -0.216. The topological polar surface area (TPSA) is 54.0 Å². The summed E-state index contributed by atoms with van der Waals surface area (Å²) in [5.41, 5.74) is 0.278. The van der Waals surface area contributed by atoms with Crippen LogP contribution in [-0.4, -0.2) is 27.3 Å². The van der Waals surface area contributed by atoms with Gasteiger partial charge in [0.05, 0.1) is 21.3 Å². The maximum atomic E-state index is 11.4. The van der Waals surface area contributed by atoms with E-state index in [-0.39, 0.29) is 5.56 Å². The second-order valence-electron chi connectivity index (χ2n) is 2.60. The second-order valence-corrected chi connectivity index (χ2v) is 2.60. The second kappa shape index (κ2) is 5.21. The number of carbonyl (C=O) groups excluding carboxylic acids is 1. The van der Waals surface area contributed by atoms with Gasteiger partial charge in [-0.25, -0.2) is 4.79 Å². The van der Waals surface area contributed by atoms with Gasteiger partial charge in [-0.3, -0.25) is 4.89 Å². The molecule has 0 fully saturated rings. The van der Waals surface area contributed by atoms with Crippen LogP contribution in [-0.2, 0) is 9.78 Å². The summed E-state index contributed by atoms with van der Waals surface area (Å²) in [6.07, 6.45) is 0. The zero-order valence-corrected chi connectivity index (χ0v) is 8.77. The first kappa shape index (κ1) is 11.3. The van der Waals surface area contributed by atoms with Crippen LogP contribution >= 0.6 is 0 Å². The van der Waals surface area contributed by atoms with Gasteiger partial charge in [-0.15, -0.1) is 0 Å². The molecule has 5 heteroatoms. The third-order valence-corrected chi connectivity index (χ3v) is 1.79. The van der Waals surface area contributed by atoms with Crippen LogP contribution in [0, 0.1) is 0 Å². The van der Waals surface area contributed by atoms with E-state index >= 15 is 0 Å². The Kier molecular flexibility index (Phi) is 3.93. The Morgan fingerprint density at radius 2 is 1.87 bits per heavy atom. The summed E-state index contributed by atoms with van der Waals surface area (Å²) in [6.45, 7) is 0. The number of methoxy groups -OCH3 is 2. The molecule has 1 rings (SSSR count). The maximum Gasteiger partial charge on any atom is 0.376 e. The molecule has 0 N–H and O–H groups in total. The molecule has 0 amide bonds.